The maximum Gasteiger partial charge on any atom is 0.358 e. The second-order valence-corrected chi connectivity index (χ2v) is 10.9. The second kappa shape index (κ2) is 15.2. The zero-order valence-corrected chi connectivity index (χ0v) is 24.9. The Morgan fingerprint density at radius 2 is 0.867 bits per heavy atom. The van der Waals surface area contributed by atoms with Crippen LogP contribution in [-0.4, -0.2) is 84.0 Å². The number of carbonyl (C=O) groups is 6. The van der Waals surface area contributed by atoms with Crippen LogP contribution in [0, 0.1) is 0 Å². The van der Waals surface area contributed by atoms with E-state index in [0.29, 0.717) is 47.7 Å². The van der Waals surface area contributed by atoms with Gasteiger partial charge in [0.25, 0.3) is 0 Å². The van der Waals surface area contributed by atoms with E-state index in [-0.39, 0.29) is 43.6 Å². The minimum absolute atomic E-state index is 0.119. The minimum Gasteiger partial charge on any atom is -0.319 e. The number of likely N-dealkylation sites (tertiary alicyclic amines) is 3. The van der Waals surface area contributed by atoms with Crippen molar-refractivity contribution in [2.75, 3.05) is 25.2 Å². The molecule has 3 aliphatic rings. The number of rotatable bonds is 6. The van der Waals surface area contributed by atoms with Crippen molar-refractivity contribution in [2.24, 2.45) is 0 Å². The molecule has 3 aliphatic heterocycles. The van der Waals surface area contributed by atoms with Gasteiger partial charge in [-0.15, -0.1) is 4.68 Å². The number of nitrogens with one attached hydrogen (secondary N) is 4. The van der Waals surface area contributed by atoms with E-state index in [1.165, 1.54) is 0 Å². The van der Waals surface area contributed by atoms with E-state index in [1.54, 1.807) is 0 Å². The monoisotopic (exact) mass is 634 g/mol. The first-order valence-corrected chi connectivity index (χ1v) is 15.1. The van der Waals surface area contributed by atoms with Crippen molar-refractivity contribution >= 4 is 35.8 Å². The van der Waals surface area contributed by atoms with Crippen LogP contribution in [0.25, 0.3) is 0 Å². The van der Waals surface area contributed by atoms with Crippen LogP contribution in [0.15, 0.2) is 14.4 Å². The van der Waals surface area contributed by atoms with Gasteiger partial charge in [0.2, 0.25) is 17.7 Å². The number of hydrazine groups is 1. The summed E-state index contributed by atoms with van der Waals surface area (Å²) in [6.45, 7) is -1.15. The number of nitrogens with zero attached hydrogens (tertiary/aromatic N) is 6. The van der Waals surface area contributed by atoms with E-state index in [9.17, 15) is 43.2 Å². The molecule has 1 aromatic heterocycles. The Hall–Kier alpha value is -4.97. The van der Waals surface area contributed by atoms with Crippen molar-refractivity contribution in [3.05, 3.63) is 31.5 Å². The van der Waals surface area contributed by atoms with E-state index in [0.717, 1.165) is 34.0 Å². The largest absolute Gasteiger partial charge is 0.358 e. The summed E-state index contributed by atoms with van der Waals surface area (Å²) in [6, 6.07) is -2.66. The van der Waals surface area contributed by atoms with Gasteiger partial charge in [-0.25, -0.2) is 48.9 Å². The van der Waals surface area contributed by atoms with Gasteiger partial charge in [-0.1, -0.05) is 19.3 Å². The summed E-state index contributed by atoms with van der Waals surface area (Å²) in [6.07, 6.45) is 6.27. The Morgan fingerprint density at radius 1 is 0.489 bits per heavy atom. The lowest BCUT2D eigenvalue weighted by Gasteiger charge is -2.22. The lowest BCUT2D eigenvalue weighted by atomic mass is 10.2. The number of hydrogen-bond acceptors (Lipinski definition) is 10. The molecule has 3 saturated heterocycles. The van der Waals surface area contributed by atoms with Gasteiger partial charge in [0, 0.05) is 38.9 Å². The van der Waals surface area contributed by atoms with Crippen LogP contribution in [0.2, 0.25) is 0 Å². The Kier molecular flexibility index (Phi) is 11.1. The Bertz CT molecular complexity index is 1310. The van der Waals surface area contributed by atoms with Gasteiger partial charge in [0.1, 0.15) is 13.3 Å². The molecule has 0 atom stereocenters. The molecule has 0 aliphatic carbocycles. The van der Waals surface area contributed by atoms with E-state index < -0.39 is 66.2 Å². The number of carbonyl (C=O) groups excluding carboxylic acids is 6. The van der Waals surface area contributed by atoms with Crippen LogP contribution in [-0.2, 0) is 27.7 Å². The molecule has 9 amide bonds. The number of aromatic nitrogens is 3. The molecule has 45 heavy (non-hydrogen) atoms. The SMILES string of the molecule is O=C1CCCCCN1C(=O)NCn1c(=O)n(CNC(=O)N2CCCCCC2=O)c(=O)n(NNC(=O)N2CCCCCC2=O)c1=O. The van der Waals surface area contributed by atoms with E-state index in [2.05, 4.69) is 21.6 Å². The van der Waals surface area contributed by atoms with Crippen molar-refractivity contribution in [2.45, 2.75) is 90.4 Å². The molecule has 0 bridgehead atoms. The van der Waals surface area contributed by atoms with Crippen LogP contribution >= 0.6 is 0 Å². The molecule has 4 heterocycles. The van der Waals surface area contributed by atoms with Crippen LogP contribution in [0.5, 0.6) is 0 Å². The summed E-state index contributed by atoms with van der Waals surface area (Å²) in [5.74, 6) is -1.28. The van der Waals surface area contributed by atoms with Crippen molar-refractivity contribution in [1.82, 2.24) is 44.6 Å². The lowest BCUT2D eigenvalue weighted by molar-refractivity contribution is -0.128. The third kappa shape index (κ3) is 7.95. The van der Waals surface area contributed by atoms with Gasteiger partial charge in [0.05, 0.1) is 0 Å². The van der Waals surface area contributed by atoms with Crippen LogP contribution in [0.3, 0.4) is 0 Å². The predicted octanol–water partition coefficient (Wildman–Crippen LogP) is -1.12. The van der Waals surface area contributed by atoms with Crippen LogP contribution in [0.4, 0.5) is 14.4 Å². The minimum atomic E-state index is -1.31. The highest BCUT2D eigenvalue weighted by molar-refractivity contribution is 5.95. The molecule has 0 saturated carbocycles. The van der Waals surface area contributed by atoms with E-state index in [4.69, 9.17) is 0 Å². The van der Waals surface area contributed by atoms with Gasteiger partial charge in [-0.05, 0) is 38.5 Å². The van der Waals surface area contributed by atoms with Gasteiger partial charge >= 0.3 is 35.2 Å². The van der Waals surface area contributed by atoms with Crippen molar-refractivity contribution in [1.29, 1.82) is 0 Å². The van der Waals surface area contributed by atoms with E-state index in [1.807, 2.05) is 0 Å². The molecule has 19 nitrogen and oxygen atoms in total. The lowest BCUT2D eigenvalue weighted by Crippen LogP contribution is -2.62. The summed E-state index contributed by atoms with van der Waals surface area (Å²) in [5.41, 5.74) is 0.389. The fraction of sp³-hybridized carbons (Fsp3) is 0.654. The smallest absolute Gasteiger partial charge is 0.319 e. The maximum absolute atomic E-state index is 13.3. The van der Waals surface area contributed by atoms with Gasteiger partial charge < -0.3 is 10.6 Å². The van der Waals surface area contributed by atoms with Crippen LogP contribution in [0.1, 0.15) is 77.0 Å². The highest BCUT2D eigenvalue weighted by atomic mass is 16.2. The molecular weight excluding hydrogens is 596 g/mol. The number of imide groups is 3. The summed E-state index contributed by atoms with van der Waals surface area (Å²) in [5, 5.41) is 4.67. The van der Waals surface area contributed by atoms with E-state index >= 15 is 0 Å². The fourth-order valence-corrected chi connectivity index (χ4v) is 5.25. The molecule has 4 N–H and O–H groups in total. The first-order valence-electron chi connectivity index (χ1n) is 15.1. The molecular formula is C26H38N10O9. The third-order valence-corrected chi connectivity index (χ3v) is 7.81. The van der Waals surface area contributed by atoms with Crippen LogP contribution < -0.4 is 38.7 Å². The Labute approximate surface area is 256 Å². The topological polar surface area (TPSA) is 226 Å². The Morgan fingerprint density at radius 3 is 1.27 bits per heavy atom. The normalized spacial score (nSPS) is 18.0. The summed E-state index contributed by atoms with van der Waals surface area (Å²) < 4.78 is 1.15. The summed E-state index contributed by atoms with van der Waals surface area (Å²) >= 11 is 0. The molecule has 0 aromatic carbocycles. The highest BCUT2D eigenvalue weighted by Gasteiger charge is 2.27. The quantitative estimate of drug-likeness (QED) is 0.276. The fourth-order valence-electron chi connectivity index (χ4n) is 5.25. The van der Waals surface area contributed by atoms with Gasteiger partial charge in [-0.2, -0.15) is 0 Å². The molecule has 19 heteroatoms. The number of urea groups is 3. The maximum atomic E-state index is 13.3. The average molecular weight is 635 g/mol. The molecule has 1 aromatic rings. The highest BCUT2D eigenvalue weighted by Crippen LogP contribution is 2.13. The zero-order valence-electron chi connectivity index (χ0n) is 24.9. The Balaban J connectivity index is 1.59. The molecule has 0 spiro atoms. The molecule has 4 rings (SSSR count). The molecule has 0 unspecified atom stereocenters. The second-order valence-electron chi connectivity index (χ2n) is 10.9. The van der Waals surface area contributed by atoms with Crippen molar-refractivity contribution in [3.8, 4) is 0 Å². The summed E-state index contributed by atoms with van der Waals surface area (Å²) in [7, 11) is 0. The van der Waals surface area contributed by atoms with Gasteiger partial charge in [0.15, 0.2) is 0 Å². The first kappa shape index (κ1) is 32.9. The predicted molar refractivity (Wildman–Crippen MR) is 155 cm³/mol. The van der Waals surface area contributed by atoms with Gasteiger partial charge in [-0.3, -0.25) is 29.1 Å². The average Bonchev–Trinajstić information content (AvgIpc) is 3.47. The number of hydrogen-bond donors (Lipinski definition) is 4. The number of amides is 9. The molecule has 246 valence electrons. The molecule has 0 radical (unpaired) electrons. The molecule has 3 fully saturated rings. The third-order valence-electron chi connectivity index (χ3n) is 7.81. The van der Waals surface area contributed by atoms with Crippen molar-refractivity contribution in [3.63, 3.8) is 0 Å². The first-order chi connectivity index (χ1) is 21.6. The van der Waals surface area contributed by atoms with Crippen molar-refractivity contribution < 1.29 is 28.8 Å². The standard InChI is InChI=1S/C26H38N10O9/c37-18-10-4-1-7-13-31(18)21(40)27-16-34-24(43)35(17-28-22(41)32-14-8-2-5-11-19(32)38)26(45)36(25(34)44)30-29-23(42)33-15-9-3-6-12-20(33)39/h30H,1-17H2,(H,27,40)(H,28,41)(H,29,42). The summed E-state index contributed by atoms with van der Waals surface area (Å²) in [4.78, 5) is 118. The zero-order chi connectivity index (χ0) is 32.5.